The molecule has 1 aromatic rings. The topological polar surface area (TPSA) is 58.2 Å². The summed E-state index contributed by atoms with van der Waals surface area (Å²) in [6, 6.07) is 1.92. The van der Waals surface area contributed by atoms with Crippen LogP contribution in [0.2, 0.25) is 0 Å². The molecule has 0 aliphatic carbocycles. The summed E-state index contributed by atoms with van der Waals surface area (Å²) in [5.41, 5.74) is -0.521. The number of sulfonamides is 1. The Morgan fingerprint density at radius 2 is 1.86 bits per heavy atom. The van der Waals surface area contributed by atoms with Gasteiger partial charge in [0.25, 0.3) is 0 Å². The van der Waals surface area contributed by atoms with E-state index in [9.17, 15) is 17.2 Å². The Morgan fingerprint density at radius 1 is 1.24 bits per heavy atom. The number of nitrogens with one attached hydrogen (secondary N) is 2. The third-order valence-electron chi connectivity index (χ3n) is 3.49. The van der Waals surface area contributed by atoms with Crippen LogP contribution in [-0.2, 0) is 16.6 Å². The van der Waals surface area contributed by atoms with E-state index in [-0.39, 0.29) is 24.1 Å². The van der Waals surface area contributed by atoms with Gasteiger partial charge < -0.3 is 5.32 Å². The molecular formula is C14H22F2N2O2S. The van der Waals surface area contributed by atoms with Crippen molar-refractivity contribution in [1.82, 2.24) is 10.0 Å². The van der Waals surface area contributed by atoms with Crippen molar-refractivity contribution >= 4 is 10.0 Å². The lowest BCUT2D eigenvalue weighted by atomic mass is 9.91. The molecule has 0 saturated carbocycles. The predicted molar refractivity (Wildman–Crippen MR) is 78.4 cm³/mol. The Bertz CT molecular complexity index is 601. The summed E-state index contributed by atoms with van der Waals surface area (Å²) in [6.45, 7) is 5.86. The Morgan fingerprint density at radius 3 is 2.38 bits per heavy atom. The van der Waals surface area contributed by atoms with E-state index >= 15 is 0 Å². The average Bonchev–Trinajstić information content (AvgIpc) is 2.41. The van der Waals surface area contributed by atoms with Gasteiger partial charge in [-0.05, 0) is 31.0 Å². The summed E-state index contributed by atoms with van der Waals surface area (Å²) >= 11 is 0. The highest BCUT2D eigenvalue weighted by atomic mass is 32.2. The lowest BCUT2D eigenvalue weighted by Gasteiger charge is -2.23. The summed E-state index contributed by atoms with van der Waals surface area (Å²) in [5.74, 6) is -1.82. The van der Waals surface area contributed by atoms with Gasteiger partial charge in [-0.2, -0.15) is 0 Å². The van der Waals surface area contributed by atoms with E-state index in [4.69, 9.17) is 0 Å². The van der Waals surface area contributed by atoms with Crippen LogP contribution in [-0.4, -0.2) is 22.0 Å². The fraction of sp³-hybridized carbons (Fsp3) is 0.571. The first kappa shape index (κ1) is 18.0. The van der Waals surface area contributed by atoms with Gasteiger partial charge in [0.1, 0.15) is 10.7 Å². The molecule has 0 radical (unpaired) electrons. The van der Waals surface area contributed by atoms with Crippen LogP contribution in [0.3, 0.4) is 0 Å². The minimum atomic E-state index is -4.01. The van der Waals surface area contributed by atoms with E-state index in [2.05, 4.69) is 10.0 Å². The van der Waals surface area contributed by atoms with E-state index < -0.39 is 26.6 Å². The van der Waals surface area contributed by atoms with Crippen LogP contribution in [0.5, 0.6) is 0 Å². The summed E-state index contributed by atoms with van der Waals surface area (Å²) in [6.07, 6.45) is 0.770. The van der Waals surface area contributed by atoms with Gasteiger partial charge in [0.2, 0.25) is 10.0 Å². The Labute approximate surface area is 125 Å². The minimum Gasteiger partial charge on any atom is -0.315 e. The lowest BCUT2D eigenvalue weighted by Crippen LogP contribution is -2.34. The van der Waals surface area contributed by atoms with Crippen molar-refractivity contribution in [2.24, 2.45) is 5.41 Å². The molecule has 0 aliphatic heterocycles. The molecule has 0 unspecified atom stereocenters. The van der Waals surface area contributed by atoms with Crippen LogP contribution in [0.25, 0.3) is 0 Å². The van der Waals surface area contributed by atoms with Crippen molar-refractivity contribution in [3.63, 3.8) is 0 Å². The van der Waals surface area contributed by atoms with E-state index in [1.54, 1.807) is 0 Å². The number of rotatable bonds is 7. The van der Waals surface area contributed by atoms with E-state index in [1.807, 2.05) is 20.8 Å². The molecule has 0 aliphatic rings. The van der Waals surface area contributed by atoms with Crippen LogP contribution in [0.1, 0.15) is 32.8 Å². The highest BCUT2D eigenvalue weighted by Crippen LogP contribution is 2.23. The van der Waals surface area contributed by atoms with Gasteiger partial charge in [-0.15, -0.1) is 0 Å². The molecule has 0 amide bonds. The molecular weight excluding hydrogens is 298 g/mol. The quantitative estimate of drug-likeness (QED) is 0.811. The van der Waals surface area contributed by atoms with Crippen LogP contribution in [0.15, 0.2) is 17.0 Å². The van der Waals surface area contributed by atoms with Gasteiger partial charge in [-0.25, -0.2) is 21.9 Å². The largest absolute Gasteiger partial charge is 0.315 e. The summed E-state index contributed by atoms with van der Waals surface area (Å²) < 4.78 is 54.5. The molecule has 0 heterocycles. The van der Waals surface area contributed by atoms with Gasteiger partial charge in [0.15, 0.2) is 5.82 Å². The first-order chi connectivity index (χ1) is 9.64. The lowest BCUT2D eigenvalue weighted by molar-refractivity contribution is 0.350. The molecule has 0 saturated heterocycles. The molecule has 0 bridgehead atoms. The summed E-state index contributed by atoms with van der Waals surface area (Å²) in [4.78, 5) is -0.527. The second kappa shape index (κ2) is 6.81. The van der Waals surface area contributed by atoms with E-state index in [1.165, 1.54) is 7.05 Å². The zero-order valence-corrected chi connectivity index (χ0v) is 13.6. The summed E-state index contributed by atoms with van der Waals surface area (Å²) in [7, 11) is -2.48. The van der Waals surface area contributed by atoms with Crippen molar-refractivity contribution in [1.29, 1.82) is 0 Å². The fourth-order valence-electron chi connectivity index (χ4n) is 1.62. The van der Waals surface area contributed by atoms with Crippen LogP contribution in [0.4, 0.5) is 8.78 Å². The second-order valence-electron chi connectivity index (χ2n) is 5.71. The molecule has 0 atom stereocenters. The second-order valence-corrected chi connectivity index (χ2v) is 7.45. The monoisotopic (exact) mass is 320 g/mol. The highest BCUT2D eigenvalue weighted by molar-refractivity contribution is 7.89. The van der Waals surface area contributed by atoms with Gasteiger partial charge in [-0.1, -0.05) is 20.8 Å². The Balaban J connectivity index is 3.12. The van der Waals surface area contributed by atoms with E-state index in [0.717, 1.165) is 18.6 Å². The standard InChI is InChI=1S/C14H22F2N2O2S/c1-5-14(2,3)9-18-21(19,20)12-7-6-11(15)10(8-17-4)13(12)16/h6-7,17-18H,5,8-9H2,1-4H3. The predicted octanol–water partition coefficient (Wildman–Crippen LogP) is 2.40. The molecule has 7 heteroatoms. The Hall–Kier alpha value is -1.05. The van der Waals surface area contributed by atoms with Crippen LogP contribution in [0, 0.1) is 17.0 Å². The molecule has 0 aromatic heterocycles. The smallest absolute Gasteiger partial charge is 0.243 e. The van der Waals surface area contributed by atoms with Crippen molar-refractivity contribution in [3.8, 4) is 0 Å². The van der Waals surface area contributed by atoms with Crippen molar-refractivity contribution in [3.05, 3.63) is 29.3 Å². The van der Waals surface area contributed by atoms with Crippen molar-refractivity contribution in [2.45, 2.75) is 38.6 Å². The number of halogens is 2. The zero-order valence-electron chi connectivity index (χ0n) is 12.8. The number of benzene rings is 1. The average molecular weight is 320 g/mol. The number of hydrogen-bond acceptors (Lipinski definition) is 3. The first-order valence-electron chi connectivity index (χ1n) is 6.76. The molecule has 2 N–H and O–H groups in total. The Kier molecular flexibility index (Phi) is 5.83. The van der Waals surface area contributed by atoms with Crippen LogP contribution >= 0.6 is 0 Å². The fourth-order valence-corrected chi connectivity index (χ4v) is 2.96. The van der Waals surface area contributed by atoms with Crippen molar-refractivity contribution < 1.29 is 17.2 Å². The summed E-state index contributed by atoms with van der Waals surface area (Å²) in [5, 5.41) is 2.61. The van der Waals surface area contributed by atoms with E-state index in [0.29, 0.717) is 0 Å². The maximum absolute atomic E-state index is 14.2. The first-order valence-corrected chi connectivity index (χ1v) is 8.24. The minimum absolute atomic E-state index is 0.0819. The maximum atomic E-state index is 14.2. The van der Waals surface area contributed by atoms with Gasteiger partial charge in [-0.3, -0.25) is 0 Å². The maximum Gasteiger partial charge on any atom is 0.243 e. The zero-order chi connectivity index (χ0) is 16.3. The third kappa shape index (κ3) is 4.46. The third-order valence-corrected chi connectivity index (χ3v) is 4.91. The highest BCUT2D eigenvalue weighted by Gasteiger charge is 2.25. The van der Waals surface area contributed by atoms with Crippen LogP contribution < -0.4 is 10.0 Å². The molecule has 1 aromatic carbocycles. The van der Waals surface area contributed by atoms with Gasteiger partial charge in [0, 0.05) is 18.7 Å². The molecule has 0 fully saturated rings. The number of hydrogen-bond donors (Lipinski definition) is 2. The van der Waals surface area contributed by atoms with Gasteiger partial charge in [0.05, 0.1) is 0 Å². The SMILES string of the molecule is CCC(C)(C)CNS(=O)(=O)c1ccc(F)c(CNC)c1F. The van der Waals surface area contributed by atoms with Crippen molar-refractivity contribution in [2.75, 3.05) is 13.6 Å². The normalized spacial score (nSPS) is 12.7. The molecule has 21 heavy (non-hydrogen) atoms. The molecule has 1 rings (SSSR count). The van der Waals surface area contributed by atoms with Gasteiger partial charge >= 0.3 is 0 Å². The molecule has 0 spiro atoms. The molecule has 4 nitrogen and oxygen atoms in total. The molecule has 120 valence electrons.